The molecule has 0 bridgehead atoms. The second-order valence-electron chi connectivity index (χ2n) is 4.75. The summed E-state index contributed by atoms with van der Waals surface area (Å²) in [5.74, 6) is 1.34. The Hall–Kier alpha value is -1.98. The number of hydrogen-bond donors (Lipinski definition) is 1. The van der Waals surface area contributed by atoms with E-state index in [-0.39, 0.29) is 11.9 Å². The van der Waals surface area contributed by atoms with Gasteiger partial charge in [-0.15, -0.1) is 11.3 Å². The van der Waals surface area contributed by atoms with Crippen molar-refractivity contribution in [1.82, 2.24) is 10.3 Å². The molecule has 0 aliphatic rings. The van der Waals surface area contributed by atoms with Gasteiger partial charge in [-0.25, -0.2) is 9.37 Å². The van der Waals surface area contributed by atoms with Crippen LogP contribution in [-0.4, -0.2) is 4.98 Å². The maximum atomic E-state index is 12.9. The lowest BCUT2D eigenvalue weighted by atomic mass is 10.2. The fourth-order valence-corrected chi connectivity index (χ4v) is 2.70. The summed E-state index contributed by atoms with van der Waals surface area (Å²) in [7, 11) is 0. The van der Waals surface area contributed by atoms with Gasteiger partial charge in [0.1, 0.15) is 22.3 Å². The number of thiazole rings is 1. The van der Waals surface area contributed by atoms with Crippen molar-refractivity contribution in [3.8, 4) is 11.3 Å². The number of nitrogens with one attached hydrogen (secondary N) is 1. The maximum Gasteiger partial charge on any atom is 0.134 e. The van der Waals surface area contributed by atoms with E-state index in [2.05, 4.69) is 17.2 Å². The minimum atomic E-state index is -0.246. The first-order valence-corrected chi connectivity index (χ1v) is 7.58. The van der Waals surface area contributed by atoms with Crippen molar-refractivity contribution in [2.75, 3.05) is 0 Å². The lowest BCUT2D eigenvalue weighted by Gasteiger charge is -2.09. The van der Waals surface area contributed by atoms with E-state index >= 15 is 0 Å². The summed E-state index contributed by atoms with van der Waals surface area (Å²) in [5, 5.41) is 6.39. The van der Waals surface area contributed by atoms with Gasteiger partial charge in [0.25, 0.3) is 0 Å². The molecule has 0 fully saturated rings. The zero-order valence-corrected chi connectivity index (χ0v) is 12.4. The monoisotopic (exact) mass is 302 g/mol. The van der Waals surface area contributed by atoms with E-state index in [4.69, 9.17) is 4.42 Å². The van der Waals surface area contributed by atoms with Crippen LogP contribution in [0.25, 0.3) is 11.3 Å². The minimum absolute atomic E-state index is 0.185. The molecule has 5 heteroatoms. The van der Waals surface area contributed by atoms with E-state index in [1.807, 2.05) is 17.5 Å². The van der Waals surface area contributed by atoms with Crippen LogP contribution in [0.5, 0.6) is 0 Å². The Labute approximate surface area is 126 Å². The van der Waals surface area contributed by atoms with Gasteiger partial charge < -0.3 is 9.73 Å². The Kier molecular flexibility index (Phi) is 4.13. The fraction of sp³-hybridized carbons (Fsp3) is 0.188. The average Bonchev–Trinajstić information content (AvgIpc) is 3.17. The van der Waals surface area contributed by atoms with Gasteiger partial charge in [-0.3, -0.25) is 0 Å². The third-order valence-electron chi connectivity index (χ3n) is 3.19. The molecule has 0 saturated heterocycles. The van der Waals surface area contributed by atoms with Crippen LogP contribution < -0.4 is 5.32 Å². The van der Waals surface area contributed by atoms with E-state index in [1.54, 1.807) is 29.7 Å². The summed E-state index contributed by atoms with van der Waals surface area (Å²) >= 11 is 1.63. The number of hydrogen-bond acceptors (Lipinski definition) is 4. The Balaban J connectivity index is 1.64. The van der Waals surface area contributed by atoms with Crippen LogP contribution in [0.1, 0.15) is 23.7 Å². The first-order chi connectivity index (χ1) is 10.2. The molecule has 21 heavy (non-hydrogen) atoms. The molecular weight excluding hydrogens is 287 g/mol. The van der Waals surface area contributed by atoms with Crippen molar-refractivity contribution < 1.29 is 8.81 Å². The van der Waals surface area contributed by atoms with E-state index < -0.39 is 0 Å². The summed E-state index contributed by atoms with van der Waals surface area (Å²) in [6.45, 7) is 2.70. The smallest absolute Gasteiger partial charge is 0.134 e. The van der Waals surface area contributed by atoms with Gasteiger partial charge >= 0.3 is 0 Å². The Bertz CT molecular complexity index is 691. The normalized spacial score (nSPS) is 12.5. The summed E-state index contributed by atoms with van der Waals surface area (Å²) < 4.78 is 18.7. The first kappa shape index (κ1) is 14.0. The molecule has 1 unspecified atom stereocenters. The Morgan fingerprint density at radius 1 is 1.24 bits per heavy atom. The van der Waals surface area contributed by atoms with E-state index in [9.17, 15) is 4.39 Å². The van der Waals surface area contributed by atoms with Crippen molar-refractivity contribution in [1.29, 1.82) is 0 Å². The molecule has 0 spiro atoms. The van der Waals surface area contributed by atoms with Crippen LogP contribution in [0, 0.1) is 5.82 Å². The van der Waals surface area contributed by atoms with Gasteiger partial charge in [0.15, 0.2) is 0 Å². The third-order valence-corrected chi connectivity index (χ3v) is 4.15. The Morgan fingerprint density at radius 3 is 2.76 bits per heavy atom. The minimum Gasteiger partial charge on any atom is -0.460 e. The summed E-state index contributed by atoms with van der Waals surface area (Å²) in [6.07, 6.45) is 1.80. The molecule has 1 aromatic carbocycles. The molecule has 3 aromatic rings. The molecule has 0 aliphatic heterocycles. The van der Waals surface area contributed by atoms with Gasteiger partial charge in [-0.1, -0.05) is 0 Å². The number of furan rings is 1. The highest BCUT2D eigenvalue weighted by atomic mass is 32.1. The van der Waals surface area contributed by atoms with Gasteiger partial charge in [0.05, 0.1) is 12.6 Å². The number of nitrogens with zero attached hydrogens (tertiary/aromatic N) is 1. The highest BCUT2D eigenvalue weighted by Gasteiger charge is 2.09. The van der Waals surface area contributed by atoms with Crippen LogP contribution in [0.4, 0.5) is 4.39 Å². The van der Waals surface area contributed by atoms with Crippen molar-refractivity contribution in [3.05, 3.63) is 64.6 Å². The van der Waals surface area contributed by atoms with Crippen molar-refractivity contribution in [3.63, 3.8) is 0 Å². The molecular formula is C16H15FN2OS. The Morgan fingerprint density at radius 2 is 2.05 bits per heavy atom. The highest BCUT2D eigenvalue weighted by Crippen LogP contribution is 2.23. The molecule has 0 amide bonds. The number of benzene rings is 1. The van der Waals surface area contributed by atoms with Gasteiger partial charge in [0.2, 0.25) is 0 Å². The molecule has 108 valence electrons. The summed E-state index contributed by atoms with van der Waals surface area (Å²) in [4.78, 5) is 4.28. The quantitative estimate of drug-likeness (QED) is 0.759. The average molecular weight is 302 g/mol. The van der Waals surface area contributed by atoms with Crippen molar-refractivity contribution in [2.45, 2.75) is 19.5 Å². The second-order valence-corrected chi connectivity index (χ2v) is 5.67. The first-order valence-electron chi connectivity index (χ1n) is 6.70. The van der Waals surface area contributed by atoms with Gasteiger partial charge in [-0.05, 0) is 43.3 Å². The van der Waals surface area contributed by atoms with E-state index in [0.717, 1.165) is 22.1 Å². The van der Waals surface area contributed by atoms with E-state index in [0.29, 0.717) is 6.54 Å². The number of aromatic nitrogens is 1. The molecule has 0 radical (unpaired) electrons. The molecule has 2 aromatic heterocycles. The molecule has 3 nitrogen and oxygen atoms in total. The standard InChI is InChI=1S/C16H15FN2OS/c1-11(16-18-8-9-21-16)19-10-14-6-7-15(20-14)12-2-4-13(17)5-3-12/h2-9,11,19H,10H2,1H3. The topological polar surface area (TPSA) is 38.1 Å². The van der Waals surface area contributed by atoms with Crippen LogP contribution >= 0.6 is 11.3 Å². The van der Waals surface area contributed by atoms with Crippen LogP contribution in [0.2, 0.25) is 0 Å². The zero-order chi connectivity index (χ0) is 14.7. The van der Waals surface area contributed by atoms with Gasteiger partial charge in [-0.2, -0.15) is 0 Å². The maximum absolute atomic E-state index is 12.9. The SMILES string of the molecule is CC(NCc1ccc(-c2ccc(F)cc2)o1)c1nccs1. The number of rotatable bonds is 5. The van der Waals surface area contributed by atoms with Crippen molar-refractivity contribution in [2.24, 2.45) is 0 Å². The largest absolute Gasteiger partial charge is 0.460 e. The predicted molar refractivity (Wildman–Crippen MR) is 81.5 cm³/mol. The molecule has 1 N–H and O–H groups in total. The molecule has 1 atom stereocenters. The highest BCUT2D eigenvalue weighted by molar-refractivity contribution is 7.09. The van der Waals surface area contributed by atoms with Crippen LogP contribution in [0.15, 0.2) is 52.4 Å². The predicted octanol–water partition coefficient (Wildman–Crippen LogP) is 4.39. The molecule has 3 rings (SSSR count). The van der Waals surface area contributed by atoms with E-state index in [1.165, 1.54) is 12.1 Å². The lowest BCUT2D eigenvalue weighted by Crippen LogP contribution is -2.17. The molecule has 0 aliphatic carbocycles. The third kappa shape index (κ3) is 3.37. The molecule has 2 heterocycles. The van der Waals surface area contributed by atoms with Crippen LogP contribution in [0.3, 0.4) is 0 Å². The number of halogens is 1. The lowest BCUT2D eigenvalue weighted by molar-refractivity contribution is 0.467. The summed E-state index contributed by atoms with van der Waals surface area (Å²) in [5.41, 5.74) is 0.871. The zero-order valence-electron chi connectivity index (χ0n) is 11.5. The van der Waals surface area contributed by atoms with Crippen molar-refractivity contribution >= 4 is 11.3 Å². The molecule has 0 saturated carbocycles. The second kappa shape index (κ2) is 6.20. The van der Waals surface area contributed by atoms with Crippen LogP contribution in [-0.2, 0) is 6.54 Å². The fourth-order valence-electron chi connectivity index (χ4n) is 2.03. The van der Waals surface area contributed by atoms with Gasteiger partial charge in [0, 0.05) is 17.1 Å². The summed E-state index contributed by atoms with van der Waals surface area (Å²) in [6, 6.07) is 10.3.